The van der Waals surface area contributed by atoms with Gasteiger partial charge in [-0.2, -0.15) is 13.2 Å². The van der Waals surface area contributed by atoms with Crippen LogP contribution in [0.15, 0.2) is 64.2 Å². The average molecular weight is 671 g/mol. The predicted octanol–water partition coefficient (Wildman–Crippen LogP) is 7.25. The van der Waals surface area contributed by atoms with Gasteiger partial charge in [-0.25, -0.2) is 27.8 Å². The summed E-state index contributed by atoms with van der Waals surface area (Å²) in [4.78, 5) is 12.4. The van der Waals surface area contributed by atoms with Gasteiger partial charge in [-0.1, -0.05) is 6.07 Å². The molecule has 3 aromatic heterocycles. The predicted molar refractivity (Wildman–Crippen MR) is 164 cm³/mol. The number of hydrogen-bond acceptors (Lipinski definition) is 8. The first kappa shape index (κ1) is 32.4. The zero-order valence-corrected chi connectivity index (χ0v) is 26.4. The molecule has 1 fully saturated rings. The topological polar surface area (TPSA) is 120 Å². The van der Waals surface area contributed by atoms with E-state index in [1.54, 1.807) is 31.3 Å². The third kappa shape index (κ3) is 6.52. The Balaban J connectivity index is 1.53. The summed E-state index contributed by atoms with van der Waals surface area (Å²) in [5.74, 6) is 0.0907. The first-order valence-corrected chi connectivity index (χ1v) is 16.6. The number of oxazole rings is 1. The number of aryl methyl sites for hydroxylation is 2. The lowest BCUT2D eigenvalue weighted by atomic mass is 9.97. The van der Waals surface area contributed by atoms with Gasteiger partial charge in [0.25, 0.3) is 0 Å². The molecular weight excluding hydrogens is 640 g/mol. The van der Waals surface area contributed by atoms with E-state index >= 15 is 4.39 Å². The highest BCUT2D eigenvalue weighted by Gasteiger charge is 2.35. The number of aromatic nitrogens is 4. The number of ether oxygens (including phenoxy) is 1. The first-order chi connectivity index (χ1) is 22.2. The molecule has 0 aliphatic heterocycles. The van der Waals surface area contributed by atoms with E-state index in [0.29, 0.717) is 22.6 Å². The highest BCUT2D eigenvalue weighted by atomic mass is 32.2. The number of alkyl halides is 3. The van der Waals surface area contributed by atoms with Crippen molar-refractivity contribution in [3.63, 3.8) is 0 Å². The molecule has 0 spiro atoms. The van der Waals surface area contributed by atoms with Crippen molar-refractivity contribution < 1.29 is 40.2 Å². The van der Waals surface area contributed by atoms with Crippen molar-refractivity contribution in [2.75, 3.05) is 6.26 Å². The number of benzene rings is 2. The van der Waals surface area contributed by atoms with Crippen molar-refractivity contribution in [3.05, 3.63) is 83.6 Å². The molecule has 14 heteroatoms. The molecule has 246 valence electrons. The van der Waals surface area contributed by atoms with Gasteiger partial charge in [0.2, 0.25) is 5.88 Å². The molecule has 1 saturated carbocycles. The second-order valence-corrected chi connectivity index (χ2v) is 13.4. The van der Waals surface area contributed by atoms with Crippen LogP contribution in [0.5, 0.6) is 5.88 Å². The van der Waals surface area contributed by atoms with Crippen molar-refractivity contribution in [2.24, 2.45) is 0 Å². The fourth-order valence-corrected chi connectivity index (χ4v) is 6.75. The molecule has 1 N–H and O–H groups in total. The molecule has 0 amide bonds. The Kier molecular flexibility index (Phi) is 8.43. The number of aliphatic hydroxyl groups excluding tert-OH is 1. The van der Waals surface area contributed by atoms with Crippen LogP contribution in [0.3, 0.4) is 0 Å². The van der Waals surface area contributed by atoms with E-state index in [0.717, 1.165) is 44.2 Å². The van der Waals surface area contributed by atoms with Crippen LogP contribution in [0.2, 0.25) is 0 Å². The number of rotatable bonds is 8. The summed E-state index contributed by atoms with van der Waals surface area (Å²) < 4.78 is 94.4. The van der Waals surface area contributed by atoms with Crippen molar-refractivity contribution >= 4 is 9.84 Å². The summed E-state index contributed by atoms with van der Waals surface area (Å²) >= 11 is 0. The maximum Gasteiger partial charge on any atom is 0.434 e. The number of nitrogens with zero attached hydrogens (tertiary/aromatic N) is 4. The number of aliphatic hydroxyl groups is 1. The summed E-state index contributed by atoms with van der Waals surface area (Å²) in [6.45, 7) is 2.21. The minimum Gasteiger partial charge on any atom is -0.474 e. The normalized spacial score (nSPS) is 14.2. The minimum absolute atomic E-state index is 0.0425. The fourth-order valence-electron chi connectivity index (χ4n) is 5.80. The van der Waals surface area contributed by atoms with E-state index in [9.17, 15) is 26.7 Å². The molecule has 1 aliphatic carbocycles. The smallest absolute Gasteiger partial charge is 0.434 e. The Morgan fingerprint density at radius 2 is 1.74 bits per heavy atom. The SMILES string of the molecule is Cc1nc(-c2cc(-c3cc(F)c(CO)c(S(C)(=O)=O)c3)ccc2-n2cc(C(F)(F)F)nc2C)c(-c2ccc(OC3CCCC3)nc2)o1. The number of sulfone groups is 1. The maximum absolute atomic E-state index is 15.1. The van der Waals surface area contributed by atoms with Gasteiger partial charge in [0.1, 0.15) is 23.4 Å². The van der Waals surface area contributed by atoms with Crippen LogP contribution in [0.4, 0.5) is 17.6 Å². The minimum atomic E-state index is -4.70. The summed E-state index contributed by atoms with van der Waals surface area (Å²) in [5.41, 5.74) is 0.345. The summed E-state index contributed by atoms with van der Waals surface area (Å²) in [6, 6.07) is 10.4. The van der Waals surface area contributed by atoms with Crippen LogP contribution in [-0.4, -0.2) is 45.4 Å². The molecule has 0 radical (unpaired) electrons. The van der Waals surface area contributed by atoms with E-state index in [4.69, 9.17) is 9.15 Å². The molecule has 6 rings (SSSR count). The number of hydrogen-bond donors (Lipinski definition) is 1. The van der Waals surface area contributed by atoms with Gasteiger partial charge in [0.15, 0.2) is 27.2 Å². The molecule has 47 heavy (non-hydrogen) atoms. The van der Waals surface area contributed by atoms with E-state index in [2.05, 4.69) is 15.0 Å². The van der Waals surface area contributed by atoms with E-state index in [1.807, 2.05) is 0 Å². The van der Waals surface area contributed by atoms with Crippen molar-refractivity contribution in [1.29, 1.82) is 0 Å². The lowest BCUT2D eigenvalue weighted by Crippen LogP contribution is -2.11. The zero-order valence-electron chi connectivity index (χ0n) is 25.6. The highest BCUT2D eigenvalue weighted by molar-refractivity contribution is 7.90. The molecule has 0 bridgehead atoms. The Hall–Kier alpha value is -4.56. The molecule has 3 heterocycles. The van der Waals surface area contributed by atoms with Gasteiger partial charge in [-0.15, -0.1) is 0 Å². The molecule has 0 unspecified atom stereocenters. The molecule has 5 aromatic rings. The van der Waals surface area contributed by atoms with Crippen LogP contribution < -0.4 is 4.74 Å². The Bertz CT molecular complexity index is 2070. The Morgan fingerprint density at radius 1 is 1.02 bits per heavy atom. The second-order valence-electron chi connectivity index (χ2n) is 11.5. The fraction of sp³-hybridized carbons (Fsp3) is 0.303. The Labute approximate surface area is 267 Å². The lowest BCUT2D eigenvalue weighted by molar-refractivity contribution is -0.141. The zero-order chi connectivity index (χ0) is 33.7. The van der Waals surface area contributed by atoms with Crippen molar-refractivity contribution in [2.45, 2.75) is 63.3 Å². The summed E-state index contributed by atoms with van der Waals surface area (Å²) in [5, 5.41) is 9.67. The van der Waals surface area contributed by atoms with Gasteiger partial charge in [0, 0.05) is 48.3 Å². The molecular formula is C33H30F4N4O5S. The standard InChI is InChI=1S/C33H30F4N4O5S/c1-18-39-29(33(35,36)37)16-41(18)27-10-8-20(22-13-26(34)25(17-42)28(14-22)47(3,43)44)12-24(27)31-32(45-19(2)40-31)21-9-11-30(38-15-21)46-23-6-4-5-7-23/h8-16,23,42H,4-7,17H2,1-3H3. The van der Waals surface area contributed by atoms with Gasteiger partial charge in [-0.05, 0) is 74.1 Å². The number of halogens is 4. The molecule has 0 saturated heterocycles. The number of imidazole rings is 1. The van der Waals surface area contributed by atoms with Crippen LogP contribution >= 0.6 is 0 Å². The van der Waals surface area contributed by atoms with E-state index < -0.39 is 34.1 Å². The van der Waals surface area contributed by atoms with E-state index in [-0.39, 0.29) is 51.0 Å². The molecule has 1 aliphatic rings. The van der Waals surface area contributed by atoms with Gasteiger partial charge in [-0.3, -0.25) is 0 Å². The third-order valence-corrected chi connectivity index (χ3v) is 9.21. The second kappa shape index (κ2) is 12.2. The van der Waals surface area contributed by atoms with Crippen LogP contribution in [0, 0.1) is 19.7 Å². The molecule has 9 nitrogen and oxygen atoms in total. The van der Waals surface area contributed by atoms with E-state index in [1.165, 1.54) is 29.7 Å². The summed E-state index contributed by atoms with van der Waals surface area (Å²) in [7, 11) is -3.94. The van der Waals surface area contributed by atoms with Crippen LogP contribution in [0.25, 0.3) is 39.4 Å². The molecule has 0 atom stereocenters. The lowest BCUT2D eigenvalue weighted by Gasteiger charge is -2.15. The maximum atomic E-state index is 15.1. The van der Waals surface area contributed by atoms with Gasteiger partial charge in [0.05, 0.1) is 17.2 Å². The van der Waals surface area contributed by atoms with Crippen LogP contribution in [-0.2, 0) is 22.6 Å². The average Bonchev–Trinajstić information content (AvgIpc) is 3.76. The van der Waals surface area contributed by atoms with Crippen LogP contribution in [0.1, 0.15) is 48.7 Å². The summed E-state index contributed by atoms with van der Waals surface area (Å²) in [6.07, 6.45) is 2.83. The Morgan fingerprint density at radius 3 is 2.36 bits per heavy atom. The van der Waals surface area contributed by atoms with Crippen molar-refractivity contribution in [3.8, 4) is 45.3 Å². The van der Waals surface area contributed by atoms with Gasteiger partial charge >= 0.3 is 6.18 Å². The largest absolute Gasteiger partial charge is 0.474 e. The quantitative estimate of drug-likeness (QED) is 0.172. The highest BCUT2D eigenvalue weighted by Crippen LogP contribution is 2.40. The molecule has 2 aromatic carbocycles. The number of pyridine rings is 1. The van der Waals surface area contributed by atoms with Gasteiger partial charge < -0.3 is 18.8 Å². The monoisotopic (exact) mass is 670 g/mol. The van der Waals surface area contributed by atoms with Crippen molar-refractivity contribution in [1.82, 2.24) is 19.5 Å². The first-order valence-electron chi connectivity index (χ1n) is 14.7. The third-order valence-electron chi connectivity index (χ3n) is 8.05.